The zero-order valence-corrected chi connectivity index (χ0v) is 8.61. The Labute approximate surface area is 86.2 Å². The Morgan fingerprint density at radius 1 is 1.23 bits per heavy atom. The molecule has 1 rings (SSSR count). The molecule has 1 aromatic rings. The zero-order valence-electron chi connectivity index (χ0n) is 7.02. The van der Waals surface area contributed by atoms with E-state index in [1.807, 2.05) is 30.3 Å². The van der Waals surface area contributed by atoms with Crippen molar-refractivity contribution in [2.24, 2.45) is 0 Å². The van der Waals surface area contributed by atoms with E-state index < -0.39 is 7.12 Å². The van der Waals surface area contributed by atoms with E-state index in [9.17, 15) is 0 Å². The van der Waals surface area contributed by atoms with Gasteiger partial charge in [0.25, 0.3) is 0 Å². The minimum absolute atomic E-state index is 0.260. The molecule has 0 aliphatic rings. The van der Waals surface area contributed by atoms with Crippen molar-refractivity contribution in [2.75, 3.05) is 0 Å². The van der Waals surface area contributed by atoms with E-state index in [0.717, 1.165) is 10.0 Å². The van der Waals surface area contributed by atoms with Crippen LogP contribution in [-0.2, 0) is 0 Å². The minimum atomic E-state index is -1.26. The van der Waals surface area contributed by atoms with Gasteiger partial charge in [0, 0.05) is 10.8 Å². The first kappa shape index (κ1) is 10.5. The van der Waals surface area contributed by atoms with Gasteiger partial charge in [-0.15, -0.1) is 0 Å². The Morgan fingerprint density at radius 3 is 2.38 bits per heavy atom. The maximum absolute atomic E-state index is 8.57. The van der Waals surface area contributed by atoms with Crippen molar-refractivity contribution in [3.05, 3.63) is 40.4 Å². The van der Waals surface area contributed by atoms with E-state index in [1.165, 1.54) is 0 Å². The summed E-state index contributed by atoms with van der Waals surface area (Å²) in [4.78, 5) is 0. The standard InChI is InChI=1S/C9H10BBrO2/c11-9-5-3-8(4-6-9)2-1-7-10(12)13/h1-6,12-13H,7H2/b2-1+. The van der Waals surface area contributed by atoms with E-state index in [4.69, 9.17) is 10.0 Å². The second kappa shape index (κ2) is 5.22. The van der Waals surface area contributed by atoms with Gasteiger partial charge in [-0.1, -0.05) is 40.2 Å². The van der Waals surface area contributed by atoms with Gasteiger partial charge in [-0.05, 0) is 17.7 Å². The lowest BCUT2D eigenvalue weighted by Gasteiger charge is -1.93. The third-order valence-electron chi connectivity index (χ3n) is 1.53. The molecule has 0 bridgehead atoms. The molecule has 0 heterocycles. The maximum atomic E-state index is 8.57. The molecule has 0 atom stereocenters. The van der Waals surface area contributed by atoms with Crippen molar-refractivity contribution in [3.8, 4) is 0 Å². The van der Waals surface area contributed by atoms with Gasteiger partial charge in [0.15, 0.2) is 0 Å². The number of hydrogen-bond acceptors (Lipinski definition) is 2. The molecule has 0 fully saturated rings. The molecule has 2 nitrogen and oxygen atoms in total. The average molecular weight is 241 g/mol. The zero-order chi connectivity index (χ0) is 9.68. The Bertz CT molecular complexity index is 282. The van der Waals surface area contributed by atoms with Crippen molar-refractivity contribution in [3.63, 3.8) is 0 Å². The van der Waals surface area contributed by atoms with Crippen LogP contribution >= 0.6 is 15.9 Å². The fourth-order valence-corrected chi connectivity index (χ4v) is 1.16. The van der Waals surface area contributed by atoms with Crippen LogP contribution in [0.15, 0.2) is 34.8 Å². The van der Waals surface area contributed by atoms with Crippen LogP contribution in [0.1, 0.15) is 5.56 Å². The number of halogens is 1. The third kappa shape index (κ3) is 4.27. The van der Waals surface area contributed by atoms with Gasteiger partial charge in [-0.2, -0.15) is 0 Å². The first-order chi connectivity index (χ1) is 6.18. The molecule has 0 spiro atoms. The summed E-state index contributed by atoms with van der Waals surface area (Å²) in [6, 6.07) is 7.78. The smallest absolute Gasteiger partial charge is 0.427 e. The molecule has 2 N–H and O–H groups in total. The van der Waals surface area contributed by atoms with E-state index in [0.29, 0.717) is 0 Å². The minimum Gasteiger partial charge on any atom is -0.427 e. The molecule has 0 aliphatic carbocycles. The van der Waals surface area contributed by atoms with Crippen LogP contribution < -0.4 is 0 Å². The van der Waals surface area contributed by atoms with Crippen molar-refractivity contribution in [1.82, 2.24) is 0 Å². The van der Waals surface area contributed by atoms with Crippen LogP contribution in [0.4, 0.5) is 0 Å². The van der Waals surface area contributed by atoms with Crippen LogP contribution in [-0.4, -0.2) is 17.2 Å². The molecule has 1 aromatic carbocycles. The molecule has 0 saturated heterocycles. The molecule has 68 valence electrons. The highest BCUT2D eigenvalue weighted by molar-refractivity contribution is 9.10. The molecule has 0 amide bonds. The van der Waals surface area contributed by atoms with E-state index in [2.05, 4.69) is 15.9 Å². The summed E-state index contributed by atoms with van der Waals surface area (Å²) in [5.41, 5.74) is 1.05. The predicted molar refractivity (Wildman–Crippen MR) is 58.2 cm³/mol. The molecular formula is C9H10BBrO2. The van der Waals surface area contributed by atoms with Gasteiger partial charge >= 0.3 is 7.12 Å². The molecule has 0 aromatic heterocycles. The molecular weight excluding hydrogens is 231 g/mol. The summed E-state index contributed by atoms with van der Waals surface area (Å²) in [7, 11) is -1.26. The van der Waals surface area contributed by atoms with Gasteiger partial charge in [0.05, 0.1) is 0 Å². The van der Waals surface area contributed by atoms with E-state index in [1.54, 1.807) is 6.08 Å². The second-order valence-electron chi connectivity index (χ2n) is 2.67. The molecule has 0 radical (unpaired) electrons. The molecule has 13 heavy (non-hydrogen) atoms. The Morgan fingerprint density at radius 2 is 1.85 bits per heavy atom. The van der Waals surface area contributed by atoms with Crippen molar-refractivity contribution < 1.29 is 10.0 Å². The fraction of sp³-hybridized carbons (Fsp3) is 0.111. The first-order valence-corrected chi connectivity index (χ1v) is 4.76. The quantitative estimate of drug-likeness (QED) is 0.793. The summed E-state index contributed by atoms with van der Waals surface area (Å²) in [5, 5.41) is 17.1. The molecule has 0 aliphatic heterocycles. The summed E-state index contributed by atoms with van der Waals surface area (Å²) >= 11 is 3.33. The number of hydrogen-bond donors (Lipinski definition) is 2. The molecule has 0 saturated carbocycles. The third-order valence-corrected chi connectivity index (χ3v) is 2.06. The Kier molecular flexibility index (Phi) is 4.22. The number of allylic oxidation sites excluding steroid dienone is 1. The lowest BCUT2D eigenvalue weighted by atomic mass is 9.86. The summed E-state index contributed by atoms with van der Waals surface area (Å²) in [5.74, 6) is 0. The number of benzene rings is 1. The average Bonchev–Trinajstić information content (AvgIpc) is 2.08. The topological polar surface area (TPSA) is 40.5 Å². The van der Waals surface area contributed by atoms with Crippen LogP contribution in [0.3, 0.4) is 0 Å². The Hall–Kier alpha value is -0.575. The SMILES string of the molecule is OB(O)C/C=C/c1ccc(Br)cc1. The highest BCUT2D eigenvalue weighted by Crippen LogP contribution is 2.11. The normalized spacial score (nSPS) is 10.7. The van der Waals surface area contributed by atoms with E-state index in [-0.39, 0.29) is 6.32 Å². The second-order valence-corrected chi connectivity index (χ2v) is 3.59. The largest absolute Gasteiger partial charge is 0.455 e. The monoisotopic (exact) mass is 240 g/mol. The number of rotatable bonds is 3. The van der Waals surface area contributed by atoms with Crippen molar-refractivity contribution in [2.45, 2.75) is 6.32 Å². The first-order valence-electron chi connectivity index (χ1n) is 3.97. The summed E-state index contributed by atoms with van der Waals surface area (Å²) in [6.07, 6.45) is 3.84. The van der Waals surface area contributed by atoms with Gasteiger partial charge in [0.1, 0.15) is 0 Å². The molecule has 4 heteroatoms. The summed E-state index contributed by atoms with van der Waals surface area (Å²) in [6.45, 7) is 0. The van der Waals surface area contributed by atoms with Crippen LogP contribution in [0.5, 0.6) is 0 Å². The van der Waals surface area contributed by atoms with Crippen molar-refractivity contribution in [1.29, 1.82) is 0 Å². The van der Waals surface area contributed by atoms with E-state index >= 15 is 0 Å². The van der Waals surface area contributed by atoms with Gasteiger partial charge in [-0.3, -0.25) is 0 Å². The summed E-state index contributed by atoms with van der Waals surface area (Å²) < 4.78 is 1.03. The fourth-order valence-electron chi connectivity index (χ4n) is 0.900. The highest BCUT2D eigenvalue weighted by atomic mass is 79.9. The lowest BCUT2D eigenvalue weighted by molar-refractivity contribution is 0.411. The van der Waals surface area contributed by atoms with Gasteiger partial charge in [-0.25, -0.2) is 0 Å². The molecule has 0 unspecified atom stereocenters. The van der Waals surface area contributed by atoms with Crippen LogP contribution in [0, 0.1) is 0 Å². The van der Waals surface area contributed by atoms with Crippen LogP contribution in [0.25, 0.3) is 6.08 Å². The maximum Gasteiger partial charge on any atom is 0.455 e. The van der Waals surface area contributed by atoms with Crippen molar-refractivity contribution >= 4 is 29.1 Å². The van der Waals surface area contributed by atoms with Gasteiger partial charge < -0.3 is 10.0 Å². The Balaban J connectivity index is 2.54. The van der Waals surface area contributed by atoms with Crippen LogP contribution in [0.2, 0.25) is 6.32 Å². The lowest BCUT2D eigenvalue weighted by Crippen LogP contribution is -2.07. The highest BCUT2D eigenvalue weighted by Gasteiger charge is 2.00. The van der Waals surface area contributed by atoms with Gasteiger partial charge in [0.2, 0.25) is 0 Å². The predicted octanol–water partition coefficient (Wildman–Crippen LogP) is 1.94.